The number of nitrogens with two attached hydrogens (primary N) is 1. The standard InChI is InChI=1S/C7H10N2/c1-5-2-3-6(8)7(9)4-5/h2-4H,8-9H2,1H3/p+1. The highest BCUT2D eigenvalue weighted by Crippen LogP contribution is 2.12. The fourth-order valence-corrected chi connectivity index (χ4v) is 0.714. The van der Waals surface area contributed by atoms with E-state index >= 15 is 0 Å². The molecule has 5 N–H and O–H groups in total. The van der Waals surface area contributed by atoms with Crippen molar-refractivity contribution >= 4 is 11.4 Å². The Morgan fingerprint density at radius 1 is 1.44 bits per heavy atom. The molecule has 0 aromatic heterocycles. The van der Waals surface area contributed by atoms with Crippen molar-refractivity contribution in [3.63, 3.8) is 0 Å². The Labute approximate surface area is 54.5 Å². The van der Waals surface area contributed by atoms with Gasteiger partial charge in [-0.3, -0.25) is 0 Å². The van der Waals surface area contributed by atoms with Gasteiger partial charge in [0.1, 0.15) is 0 Å². The van der Waals surface area contributed by atoms with Crippen molar-refractivity contribution in [2.75, 3.05) is 5.73 Å². The minimum absolute atomic E-state index is 0.773. The SMILES string of the molecule is Cc1ccc([NH3+])c(N)c1. The molecule has 0 radical (unpaired) electrons. The van der Waals surface area contributed by atoms with Crippen LogP contribution in [0.1, 0.15) is 5.56 Å². The Kier molecular flexibility index (Phi) is 1.40. The van der Waals surface area contributed by atoms with E-state index in [1.807, 2.05) is 25.1 Å². The van der Waals surface area contributed by atoms with E-state index in [1.54, 1.807) is 0 Å². The van der Waals surface area contributed by atoms with Gasteiger partial charge in [0.15, 0.2) is 5.69 Å². The van der Waals surface area contributed by atoms with Crippen LogP contribution in [0.4, 0.5) is 11.4 Å². The first kappa shape index (κ1) is 6.11. The third-order valence-electron chi connectivity index (χ3n) is 1.30. The molecule has 0 aliphatic heterocycles. The smallest absolute Gasteiger partial charge is 0.151 e. The fraction of sp³-hybridized carbons (Fsp3) is 0.143. The van der Waals surface area contributed by atoms with Crippen LogP contribution in [0.2, 0.25) is 0 Å². The lowest BCUT2D eigenvalue weighted by Gasteiger charge is -1.94. The lowest BCUT2D eigenvalue weighted by atomic mass is 10.2. The van der Waals surface area contributed by atoms with Crippen LogP contribution in [0, 0.1) is 6.92 Å². The van der Waals surface area contributed by atoms with Gasteiger partial charge in [0.05, 0.1) is 5.69 Å². The molecular formula is C7H11N2+. The number of hydrogen-bond donors (Lipinski definition) is 2. The molecule has 2 heteroatoms. The molecule has 0 heterocycles. The number of anilines is 1. The maximum absolute atomic E-state index is 5.56. The highest BCUT2D eigenvalue weighted by Gasteiger charge is 1.94. The first-order chi connectivity index (χ1) is 4.20. The predicted octanol–water partition coefficient (Wildman–Crippen LogP) is 0.451. The molecule has 0 saturated heterocycles. The van der Waals surface area contributed by atoms with Crippen molar-refractivity contribution in [3.05, 3.63) is 23.8 Å². The van der Waals surface area contributed by atoms with Crippen LogP contribution in [0.15, 0.2) is 18.2 Å². The molecule has 9 heavy (non-hydrogen) atoms. The second kappa shape index (κ2) is 2.07. The van der Waals surface area contributed by atoms with Crippen LogP contribution in [-0.2, 0) is 0 Å². The van der Waals surface area contributed by atoms with Crippen LogP contribution in [0.3, 0.4) is 0 Å². The molecule has 1 rings (SSSR count). The first-order valence-electron chi connectivity index (χ1n) is 2.88. The highest BCUT2D eigenvalue weighted by molar-refractivity contribution is 5.57. The normalized spacial score (nSPS) is 9.56. The molecule has 0 unspecified atom stereocenters. The molecule has 0 atom stereocenters. The van der Waals surface area contributed by atoms with E-state index in [-0.39, 0.29) is 0 Å². The van der Waals surface area contributed by atoms with Gasteiger partial charge >= 0.3 is 0 Å². The molecule has 2 nitrogen and oxygen atoms in total. The average Bonchev–Trinajstić information content (AvgIpc) is 1.80. The van der Waals surface area contributed by atoms with E-state index < -0.39 is 0 Å². The molecule has 0 aliphatic carbocycles. The molecule has 1 aromatic rings. The third-order valence-corrected chi connectivity index (χ3v) is 1.30. The molecule has 0 saturated carbocycles. The minimum atomic E-state index is 0.773. The summed E-state index contributed by atoms with van der Waals surface area (Å²) >= 11 is 0. The Bertz CT molecular complexity index is 218. The summed E-state index contributed by atoms with van der Waals surface area (Å²) in [6.07, 6.45) is 0. The molecule has 0 aliphatic rings. The maximum Gasteiger partial charge on any atom is 0.151 e. The summed E-state index contributed by atoms with van der Waals surface area (Å²) in [6, 6.07) is 5.84. The number of rotatable bonds is 0. The van der Waals surface area contributed by atoms with Gasteiger partial charge in [-0.25, -0.2) is 0 Å². The Morgan fingerprint density at radius 2 is 2.11 bits per heavy atom. The van der Waals surface area contributed by atoms with E-state index in [2.05, 4.69) is 5.73 Å². The quantitative estimate of drug-likeness (QED) is 0.483. The van der Waals surface area contributed by atoms with Crippen molar-refractivity contribution in [2.45, 2.75) is 6.92 Å². The Morgan fingerprint density at radius 3 is 2.56 bits per heavy atom. The van der Waals surface area contributed by atoms with E-state index in [9.17, 15) is 0 Å². The summed E-state index contributed by atoms with van der Waals surface area (Å²) in [4.78, 5) is 0. The topological polar surface area (TPSA) is 53.7 Å². The molecule has 0 bridgehead atoms. The number of nitrogen functional groups attached to an aromatic ring is 1. The average molecular weight is 123 g/mol. The van der Waals surface area contributed by atoms with Crippen LogP contribution in [0.5, 0.6) is 0 Å². The fourth-order valence-electron chi connectivity index (χ4n) is 0.714. The van der Waals surface area contributed by atoms with E-state index in [4.69, 9.17) is 5.73 Å². The van der Waals surface area contributed by atoms with Gasteiger partial charge in [0.2, 0.25) is 0 Å². The number of quaternary nitrogens is 1. The van der Waals surface area contributed by atoms with Crippen molar-refractivity contribution in [2.24, 2.45) is 0 Å². The van der Waals surface area contributed by atoms with Gasteiger partial charge < -0.3 is 11.5 Å². The number of aryl methyl sites for hydroxylation is 1. The third kappa shape index (κ3) is 1.21. The zero-order valence-electron chi connectivity index (χ0n) is 5.52. The number of benzene rings is 1. The van der Waals surface area contributed by atoms with E-state index in [1.165, 1.54) is 5.56 Å². The van der Waals surface area contributed by atoms with Crippen molar-refractivity contribution < 1.29 is 5.73 Å². The van der Waals surface area contributed by atoms with Crippen LogP contribution < -0.4 is 11.5 Å². The maximum atomic E-state index is 5.56. The van der Waals surface area contributed by atoms with Gasteiger partial charge in [-0.1, -0.05) is 6.07 Å². The minimum Gasteiger partial charge on any atom is -0.394 e. The summed E-state index contributed by atoms with van der Waals surface area (Å²) in [5.74, 6) is 0. The largest absolute Gasteiger partial charge is 0.394 e. The second-order valence-electron chi connectivity index (χ2n) is 2.20. The van der Waals surface area contributed by atoms with Gasteiger partial charge in [-0.05, 0) is 18.6 Å². The predicted molar refractivity (Wildman–Crippen MR) is 38.1 cm³/mol. The Balaban J connectivity index is 3.17. The van der Waals surface area contributed by atoms with Crippen LogP contribution in [0.25, 0.3) is 0 Å². The second-order valence-corrected chi connectivity index (χ2v) is 2.20. The zero-order valence-corrected chi connectivity index (χ0v) is 5.52. The first-order valence-corrected chi connectivity index (χ1v) is 2.88. The summed E-state index contributed by atoms with van der Waals surface area (Å²) in [5.41, 5.74) is 12.2. The summed E-state index contributed by atoms with van der Waals surface area (Å²) in [7, 11) is 0. The Hall–Kier alpha value is -1.02. The molecule has 48 valence electrons. The van der Waals surface area contributed by atoms with Gasteiger partial charge in [-0.2, -0.15) is 0 Å². The van der Waals surface area contributed by atoms with Gasteiger partial charge in [0.25, 0.3) is 0 Å². The van der Waals surface area contributed by atoms with Gasteiger partial charge in [-0.15, -0.1) is 0 Å². The van der Waals surface area contributed by atoms with E-state index in [0.717, 1.165) is 11.4 Å². The van der Waals surface area contributed by atoms with Crippen LogP contribution in [-0.4, -0.2) is 0 Å². The number of hydrogen-bond acceptors (Lipinski definition) is 1. The molecule has 0 spiro atoms. The molecule has 0 fully saturated rings. The summed E-state index contributed by atoms with van der Waals surface area (Å²) in [5, 5.41) is 0. The highest BCUT2D eigenvalue weighted by atomic mass is 14.7. The molecular weight excluding hydrogens is 112 g/mol. The molecule has 0 amide bonds. The van der Waals surface area contributed by atoms with Crippen molar-refractivity contribution in [1.82, 2.24) is 0 Å². The van der Waals surface area contributed by atoms with Crippen LogP contribution >= 0.6 is 0 Å². The van der Waals surface area contributed by atoms with Crippen molar-refractivity contribution in [1.29, 1.82) is 0 Å². The zero-order chi connectivity index (χ0) is 6.85. The molecule has 1 aromatic carbocycles. The summed E-state index contributed by atoms with van der Waals surface area (Å²) in [6.45, 7) is 2.01. The lowest BCUT2D eigenvalue weighted by molar-refractivity contribution is -0.253. The van der Waals surface area contributed by atoms with Crippen molar-refractivity contribution in [3.8, 4) is 0 Å². The lowest BCUT2D eigenvalue weighted by Crippen LogP contribution is -2.40. The summed E-state index contributed by atoms with van der Waals surface area (Å²) < 4.78 is 0. The van der Waals surface area contributed by atoms with E-state index in [0.29, 0.717) is 0 Å². The monoisotopic (exact) mass is 123 g/mol. The van der Waals surface area contributed by atoms with Gasteiger partial charge in [0, 0.05) is 6.07 Å².